The zero-order chi connectivity index (χ0) is 32.9. The highest BCUT2D eigenvalue weighted by Crippen LogP contribution is 2.49. The van der Waals surface area contributed by atoms with E-state index >= 15 is 0 Å². The Bertz CT molecular complexity index is 2020. The number of phenols is 3. The van der Waals surface area contributed by atoms with Crippen molar-refractivity contribution in [3.63, 3.8) is 0 Å². The average Bonchev–Trinajstić information content (AvgIpc) is 3.13. The predicted molar refractivity (Wildman–Crippen MR) is 193 cm³/mol. The van der Waals surface area contributed by atoms with E-state index in [1.54, 1.807) is 18.2 Å². The van der Waals surface area contributed by atoms with Crippen LogP contribution in [0.25, 0.3) is 0 Å². The van der Waals surface area contributed by atoms with Gasteiger partial charge >= 0.3 is 0 Å². The molecule has 0 radical (unpaired) electrons. The van der Waals surface area contributed by atoms with E-state index in [1.165, 1.54) is 0 Å². The standard InChI is InChI=1S/C45H36O3/c46-39-28-13-10-23-34(39)42(31-17-4-1-5-18-31)37-26-16-27-38(43(32-19-6-2-7-20-32)35-24-11-14-29-40(35)47)45(37)44(33-21-8-3-9-22-33)36-25-12-15-30-41(36)48/h1-30,42-44,46-48H. The fourth-order valence-corrected chi connectivity index (χ4v) is 7.12. The van der Waals surface area contributed by atoms with Crippen molar-refractivity contribution in [3.8, 4) is 17.2 Å². The molecule has 0 bridgehead atoms. The zero-order valence-corrected chi connectivity index (χ0v) is 26.4. The molecule has 7 rings (SSSR count). The van der Waals surface area contributed by atoms with Gasteiger partial charge in [-0.3, -0.25) is 0 Å². The van der Waals surface area contributed by atoms with Gasteiger partial charge < -0.3 is 15.3 Å². The summed E-state index contributed by atoms with van der Waals surface area (Å²) >= 11 is 0. The van der Waals surface area contributed by atoms with Crippen LogP contribution in [-0.4, -0.2) is 15.3 Å². The molecule has 0 heterocycles. The zero-order valence-electron chi connectivity index (χ0n) is 26.4. The largest absolute Gasteiger partial charge is 0.508 e. The maximum absolute atomic E-state index is 11.5. The number of hydrogen-bond donors (Lipinski definition) is 3. The van der Waals surface area contributed by atoms with Gasteiger partial charge in [-0.05, 0) is 51.6 Å². The quantitative estimate of drug-likeness (QED) is 0.140. The molecular formula is C45H36O3. The average molecular weight is 625 g/mol. The van der Waals surface area contributed by atoms with Gasteiger partial charge in [0.05, 0.1) is 0 Å². The number of phenolic OH excluding ortho intramolecular Hbond substituents is 3. The lowest BCUT2D eigenvalue weighted by atomic mass is 9.70. The van der Waals surface area contributed by atoms with Crippen LogP contribution in [0, 0.1) is 0 Å². The molecule has 0 aromatic heterocycles. The molecule has 0 aliphatic heterocycles. The lowest BCUT2D eigenvalue weighted by Gasteiger charge is -2.32. The molecule has 3 heteroatoms. The first-order valence-electron chi connectivity index (χ1n) is 16.2. The second kappa shape index (κ2) is 13.7. The van der Waals surface area contributed by atoms with Crippen molar-refractivity contribution in [2.45, 2.75) is 17.8 Å². The molecule has 7 aromatic rings. The van der Waals surface area contributed by atoms with Gasteiger partial charge in [0.25, 0.3) is 0 Å². The second-order valence-corrected chi connectivity index (χ2v) is 12.1. The molecule has 0 saturated heterocycles. The van der Waals surface area contributed by atoms with Crippen molar-refractivity contribution in [2.75, 3.05) is 0 Å². The summed E-state index contributed by atoms with van der Waals surface area (Å²) in [4.78, 5) is 0. The molecule has 0 spiro atoms. The van der Waals surface area contributed by atoms with Crippen molar-refractivity contribution in [3.05, 3.63) is 232 Å². The number of para-hydroxylation sites is 3. The van der Waals surface area contributed by atoms with E-state index in [4.69, 9.17) is 0 Å². The fraction of sp³-hybridized carbons (Fsp3) is 0.0667. The van der Waals surface area contributed by atoms with Gasteiger partial charge in [0, 0.05) is 34.4 Å². The maximum atomic E-state index is 11.5. The van der Waals surface area contributed by atoms with Gasteiger partial charge in [0.1, 0.15) is 17.2 Å². The number of aromatic hydroxyl groups is 3. The van der Waals surface area contributed by atoms with Crippen LogP contribution in [0.5, 0.6) is 17.2 Å². The first-order chi connectivity index (χ1) is 23.6. The molecule has 0 amide bonds. The molecule has 0 saturated carbocycles. The lowest BCUT2D eigenvalue weighted by Crippen LogP contribution is -2.17. The molecule has 3 nitrogen and oxygen atoms in total. The Balaban J connectivity index is 1.64. The third kappa shape index (κ3) is 5.94. The van der Waals surface area contributed by atoms with E-state index in [1.807, 2.05) is 109 Å². The van der Waals surface area contributed by atoms with Gasteiger partial charge in [-0.2, -0.15) is 0 Å². The smallest absolute Gasteiger partial charge is 0.119 e. The first kappa shape index (κ1) is 30.6. The summed E-state index contributed by atoms with van der Waals surface area (Å²) in [7, 11) is 0. The Morgan fingerprint density at radius 1 is 0.250 bits per heavy atom. The Morgan fingerprint density at radius 3 is 0.875 bits per heavy atom. The van der Waals surface area contributed by atoms with Crippen LogP contribution in [0.15, 0.2) is 182 Å². The molecule has 7 aromatic carbocycles. The summed E-state index contributed by atoms with van der Waals surface area (Å²) in [5.41, 5.74) is 8.39. The summed E-state index contributed by atoms with van der Waals surface area (Å²) in [5, 5.41) is 34.4. The van der Waals surface area contributed by atoms with Crippen molar-refractivity contribution in [1.29, 1.82) is 0 Å². The van der Waals surface area contributed by atoms with Gasteiger partial charge in [-0.1, -0.05) is 164 Å². The van der Waals surface area contributed by atoms with Crippen LogP contribution < -0.4 is 0 Å². The molecule has 234 valence electrons. The molecule has 0 aliphatic rings. The molecule has 0 fully saturated rings. The van der Waals surface area contributed by atoms with Crippen LogP contribution in [-0.2, 0) is 0 Å². The molecule has 3 atom stereocenters. The van der Waals surface area contributed by atoms with E-state index in [-0.39, 0.29) is 29.1 Å². The summed E-state index contributed by atoms with van der Waals surface area (Å²) in [6.45, 7) is 0. The Hall–Kier alpha value is -6.06. The minimum atomic E-state index is -0.396. The van der Waals surface area contributed by atoms with Gasteiger partial charge in [-0.15, -0.1) is 0 Å². The van der Waals surface area contributed by atoms with Crippen molar-refractivity contribution in [1.82, 2.24) is 0 Å². The summed E-state index contributed by atoms with van der Waals surface area (Å²) < 4.78 is 0. The van der Waals surface area contributed by atoms with Crippen LogP contribution in [0.1, 0.15) is 67.8 Å². The highest BCUT2D eigenvalue weighted by molar-refractivity contribution is 5.62. The van der Waals surface area contributed by atoms with E-state index in [0.717, 1.165) is 50.1 Å². The van der Waals surface area contributed by atoms with Crippen LogP contribution in [0.2, 0.25) is 0 Å². The number of benzene rings is 7. The van der Waals surface area contributed by atoms with Gasteiger partial charge in [0.15, 0.2) is 0 Å². The fourth-order valence-electron chi connectivity index (χ4n) is 7.12. The van der Waals surface area contributed by atoms with E-state index < -0.39 is 5.92 Å². The second-order valence-electron chi connectivity index (χ2n) is 12.1. The van der Waals surface area contributed by atoms with E-state index in [9.17, 15) is 15.3 Å². The molecular weight excluding hydrogens is 588 g/mol. The first-order valence-corrected chi connectivity index (χ1v) is 16.2. The molecule has 3 N–H and O–H groups in total. The Morgan fingerprint density at radius 2 is 0.521 bits per heavy atom. The third-order valence-electron chi connectivity index (χ3n) is 9.23. The molecule has 3 unspecified atom stereocenters. The highest BCUT2D eigenvalue weighted by atomic mass is 16.3. The normalized spacial score (nSPS) is 13.0. The van der Waals surface area contributed by atoms with Crippen LogP contribution in [0.3, 0.4) is 0 Å². The highest BCUT2D eigenvalue weighted by Gasteiger charge is 2.33. The van der Waals surface area contributed by atoms with Crippen molar-refractivity contribution in [2.24, 2.45) is 0 Å². The van der Waals surface area contributed by atoms with Crippen molar-refractivity contribution < 1.29 is 15.3 Å². The summed E-state index contributed by atoms with van der Waals surface area (Å²) in [5.74, 6) is -0.471. The summed E-state index contributed by atoms with van der Waals surface area (Å²) in [6, 6.07) is 59.7. The minimum Gasteiger partial charge on any atom is -0.508 e. The van der Waals surface area contributed by atoms with E-state index in [0.29, 0.717) is 0 Å². The Kier molecular flexibility index (Phi) is 8.76. The monoisotopic (exact) mass is 624 g/mol. The molecule has 48 heavy (non-hydrogen) atoms. The number of rotatable bonds is 9. The van der Waals surface area contributed by atoms with Gasteiger partial charge in [0.2, 0.25) is 0 Å². The molecule has 0 aliphatic carbocycles. The van der Waals surface area contributed by atoms with E-state index in [2.05, 4.69) is 54.6 Å². The maximum Gasteiger partial charge on any atom is 0.119 e. The predicted octanol–water partition coefficient (Wildman–Crippen LogP) is 10.3. The minimum absolute atomic E-state index is 0.199. The Labute approximate surface area is 281 Å². The lowest BCUT2D eigenvalue weighted by molar-refractivity contribution is 0.464. The topological polar surface area (TPSA) is 60.7 Å². The summed E-state index contributed by atoms with van der Waals surface area (Å²) in [6.07, 6.45) is 0. The van der Waals surface area contributed by atoms with Crippen LogP contribution in [0.4, 0.5) is 0 Å². The number of hydrogen-bond acceptors (Lipinski definition) is 3. The van der Waals surface area contributed by atoms with Crippen LogP contribution >= 0.6 is 0 Å². The van der Waals surface area contributed by atoms with Gasteiger partial charge in [-0.25, -0.2) is 0 Å². The third-order valence-corrected chi connectivity index (χ3v) is 9.23. The van der Waals surface area contributed by atoms with Crippen molar-refractivity contribution >= 4 is 0 Å². The SMILES string of the molecule is Oc1ccccc1C(c1ccccc1)c1cccc(C(c2ccccc2)c2ccccc2O)c1C(c1ccccc1)c1ccccc1O.